The normalized spacial score (nSPS) is 29.8. The van der Waals surface area contributed by atoms with Gasteiger partial charge < -0.3 is 60.7 Å². The largest absolute Gasteiger partial charge is 0.391 e. The van der Waals surface area contributed by atoms with Crippen molar-refractivity contribution >= 4 is 33.7 Å². The highest BCUT2D eigenvalue weighted by atomic mass is 16.6. The van der Waals surface area contributed by atoms with Gasteiger partial charge in [-0.05, 0) is 13.8 Å². The van der Waals surface area contributed by atoms with E-state index in [0.29, 0.717) is 0 Å². The van der Waals surface area contributed by atoms with Crippen molar-refractivity contribution in [3.63, 3.8) is 0 Å². The van der Waals surface area contributed by atoms with Crippen LogP contribution in [0.5, 0.6) is 0 Å². The lowest BCUT2D eigenvalue weighted by molar-refractivity contribution is -0.0778. The maximum absolute atomic E-state index is 11.9. The first-order chi connectivity index (χ1) is 20.8. The molecule has 10 N–H and O–H groups in total. The van der Waals surface area contributed by atoms with Crippen LogP contribution in [0.15, 0.2) is 46.8 Å². The molecule has 0 bridgehead atoms. The van der Waals surface area contributed by atoms with Gasteiger partial charge in [0.05, 0.1) is 12.2 Å². The van der Waals surface area contributed by atoms with Gasteiger partial charge in [-0.3, -0.25) is 9.59 Å². The van der Waals surface area contributed by atoms with Gasteiger partial charge in [-0.25, -0.2) is 19.9 Å². The standard InChI is InChI=1S/2C13H16N4O5/c2*1-5(18)10-8(20)9(21)13(22-10)17-3-2-6(19)7-11(14)15-4-16-12(7)17/h2*2-5,8-10,13,18,20-21H,1H3,(H2,14,15,16)/t5-,8+,9-,10-,13-;5-,8-,9+,10+,13+/m10/s1. The number of aliphatic hydroxyl groups excluding tert-OH is 6. The van der Waals surface area contributed by atoms with Crippen LogP contribution in [-0.2, 0) is 9.47 Å². The highest BCUT2D eigenvalue weighted by molar-refractivity contribution is 5.85. The molecule has 6 heterocycles. The lowest BCUT2D eigenvalue weighted by Crippen LogP contribution is -2.37. The topological polar surface area (TPSA) is 287 Å². The molecule has 0 radical (unpaired) electrons. The number of hydrogen-bond acceptors (Lipinski definition) is 16. The third kappa shape index (κ3) is 5.37. The average Bonchev–Trinajstić information content (AvgIpc) is 3.44. The van der Waals surface area contributed by atoms with Crippen LogP contribution in [0.4, 0.5) is 11.6 Å². The molecule has 18 heteroatoms. The monoisotopic (exact) mass is 616 g/mol. The van der Waals surface area contributed by atoms with E-state index in [9.17, 15) is 40.2 Å². The van der Waals surface area contributed by atoms with Crippen LogP contribution in [0.25, 0.3) is 22.1 Å². The molecule has 18 nitrogen and oxygen atoms in total. The number of hydrogen-bond donors (Lipinski definition) is 8. The van der Waals surface area contributed by atoms with Crippen molar-refractivity contribution in [1.82, 2.24) is 29.1 Å². The zero-order chi connectivity index (χ0) is 32.0. The number of nitrogens with zero attached hydrogens (tertiary/aromatic N) is 6. The van der Waals surface area contributed by atoms with Crippen molar-refractivity contribution in [2.24, 2.45) is 0 Å². The van der Waals surface area contributed by atoms with Crippen LogP contribution in [0.1, 0.15) is 26.3 Å². The Hall–Kier alpha value is -4.14. The van der Waals surface area contributed by atoms with E-state index in [-0.39, 0.29) is 44.6 Å². The summed E-state index contributed by atoms with van der Waals surface area (Å²) in [4.78, 5) is 39.4. The second-order valence-electron chi connectivity index (χ2n) is 10.5. The van der Waals surface area contributed by atoms with Gasteiger partial charge >= 0.3 is 0 Å². The molecule has 6 rings (SSSR count). The van der Waals surface area contributed by atoms with Gasteiger partial charge in [-0.15, -0.1) is 0 Å². The molecule has 0 aliphatic carbocycles. The molecule has 0 unspecified atom stereocenters. The molecule has 2 fully saturated rings. The SMILES string of the molecule is C[C@@H](O)[C@H]1O[C@@H](n2ccc(=O)c3c(N)ncnc32)[C@H](O)[C@@H]1O.C[C@H](O)[C@H]1O[C@@H](n2ccc(=O)c3c(N)ncnc32)[C@H](O)[C@@H]1O. The molecular formula is C26H32N8O10. The predicted molar refractivity (Wildman–Crippen MR) is 152 cm³/mol. The van der Waals surface area contributed by atoms with E-state index in [1.54, 1.807) is 0 Å². The Labute approximate surface area is 247 Å². The van der Waals surface area contributed by atoms with Crippen LogP contribution < -0.4 is 22.3 Å². The minimum absolute atomic E-state index is 0.0180. The summed E-state index contributed by atoms with van der Waals surface area (Å²) in [7, 11) is 0. The quantitative estimate of drug-likeness (QED) is 0.112. The fourth-order valence-corrected chi connectivity index (χ4v) is 5.29. The smallest absolute Gasteiger partial charge is 0.194 e. The molecule has 2 saturated heterocycles. The number of pyridine rings is 2. The van der Waals surface area contributed by atoms with Crippen molar-refractivity contribution in [3.8, 4) is 0 Å². The molecule has 4 aromatic rings. The summed E-state index contributed by atoms with van der Waals surface area (Å²) >= 11 is 0. The van der Waals surface area contributed by atoms with Crippen molar-refractivity contribution < 1.29 is 40.1 Å². The number of aromatic nitrogens is 6. The predicted octanol–water partition coefficient (Wildman–Crippen LogP) is -3.25. The van der Waals surface area contributed by atoms with Gasteiger partial charge in [0.1, 0.15) is 71.7 Å². The third-order valence-corrected chi connectivity index (χ3v) is 7.52. The Balaban J connectivity index is 0.000000175. The van der Waals surface area contributed by atoms with Gasteiger partial charge in [0.15, 0.2) is 34.6 Å². The van der Waals surface area contributed by atoms with Crippen molar-refractivity contribution in [2.45, 2.75) is 75.1 Å². The van der Waals surface area contributed by atoms with Crippen molar-refractivity contribution in [2.75, 3.05) is 11.5 Å². The van der Waals surface area contributed by atoms with Crippen molar-refractivity contribution in [1.29, 1.82) is 0 Å². The molecular weight excluding hydrogens is 584 g/mol. The zero-order valence-electron chi connectivity index (χ0n) is 23.4. The maximum atomic E-state index is 11.9. The average molecular weight is 617 g/mol. The lowest BCUT2D eigenvalue weighted by Gasteiger charge is -2.20. The number of rotatable bonds is 4. The molecule has 44 heavy (non-hydrogen) atoms. The molecule has 0 spiro atoms. The second-order valence-corrected chi connectivity index (χ2v) is 10.5. The van der Waals surface area contributed by atoms with Crippen LogP contribution in [0.2, 0.25) is 0 Å². The Morgan fingerprint density at radius 3 is 1.36 bits per heavy atom. The van der Waals surface area contributed by atoms with Gasteiger partial charge in [-0.1, -0.05) is 0 Å². The molecule has 0 amide bonds. The molecule has 236 valence electrons. The molecule has 0 saturated carbocycles. The summed E-state index contributed by atoms with van der Waals surface area (Å²) < 4.78 is 13.8. The summed E-state index contributed by atoms with van der Waals surface area (Å²) in [6.07, 6.45) is -5.80. The highest BCUT2D eigenvalue weighted by Gasteiger charge is 2.47. The Morgan fingerprint density at radius 1 is 0.682 bits per heavy atom. The maximum Gasteiger partial charge on any atom is 0.194 e. The zero-order valence-corrected chi connectivity index (χ0v) is 23.4. The van der Waals surface area contributed by atoms with Crippen molar-refractivity contribution in [3.05, 3.63) is 57.6 Å². The number of nitrogens with two attached hydrogens (primary N) is 2. The van der Waals surface area contributed by atoms with Gasteiger partial charge in [0.2, 0.25) is 0 Å². The third-order valence-electron chi connectivity index (χ3n) is 7.52. The first-order valence-corrected chi connectivity index (χ1v) is 13.5. The fraction of sp³-hybridized carbons (Fsp3) is 0.462. The van der Waals surface area contributed by atoms with Gasteiger partial charge in [0, 0.05) is 24.5 Å². The van der Waals surface area contributed by atoms with Gasteiger partial charge in [-0.2, -0.15) is 0 Å². The Morgan fingerprint density at radius 2 is 1.05 bits per heavy atom. The summed E-state index contributed by atoms with van der Waals surface area (Å²) in [6, 6.07) is 2.50. The Bertz CT molecular complexity index is 1650. The molecule has 2 aliphatic heterocycles. The Kier molecular flexibility index (Phi) is 8.60. The van der Waals surface area contributed by atoms with E-state index < -0.39 is 61.3 Å². The second kappa shape index (κ2) is 12.1. The summed E-state index contributed by atoms with van der Waals surface area (Å²) in [5.74, 6) is 0.0360. The fourth-order valence-electron chi connectivity index (χ4n) is 5.29. The molecule has 10 atom stereocenters. The molecule has 2 aliphatic rings. The van der Waals surface area contributed by atoms with Crippen LogP contribution in [0, 0.1) is 0 Å². The molecule has 0 aromatic carbocycles. The van der Waals surface area contributed by atoms with E-state index in [1.807, 2.05) is 0 Å². The van der Waals surface area contributed by atoms with E-state index in [4.69, 9.17) is 20.9 Å². The lowest BCUT2D eigenvalue weighted by atomic mass is 10.1. The number of ether oxygens (including phenoxy) is 2. The number of aliphatic hydroxyl groups is 6. The minimum Gasteiger partial charge on any atom is -0.391 e. The first-order valence-electron chi connectivity index (χ1n) is 13.5. The van der Waals surface area contributed by atoms with E-state index in [2.05, 4.69) is 19.9 Å². The molecule has 4 aromatic heterocycles. The first kappa shape index (κ1) is 31.3. The summed E-state index contributed by atoms with van der Waals surface area (Å²) in [5.41, 5.74) is 11.1. The van der Waals surface area contributed by atoms with Crippen LogP contribution in [-0.4, -0.2) is 109 Å². The van der Waals surface area contributed by atoms with E-state index in [1.165, 1.54) is 60.2 Å². The van der Waals surface area contributed by atoms with Gasteiger partial charge in [0.25, 0.3) is 0 Å². The minimum atomic E-state index is -1.29. The summed E-state index contributed by atoms with van der Waals surface area (Å²) in [6.45, 7) is 2.90. The van der Waals surface area contributed by atoms with Crippen LogP contribution in [0.3, 0.4) is 0 Å². The number of anilines is 2. The van der Waals surface area contributed by atoms with E-state index in [0.717, 1.165) is 0 Å². The van der Waals surface area contributed by atoms with Crippen LogP contribution >= 0.6 is 0 Å². The number of fused-ring (bicyclic) bond motifs is 2. The summed E-state index contributed by atoms with van der Waals surface area (Å²) in [5, 5.41) is 59.7. The highest BCUT2D eigenvalue weighted by Crippen LogP contribution is 2.34. The number of nitrogen functional groups attached to an aromatic ring is 2. The van der Waals surface area contributed by atoms with E-state index >= 15 is 0 Å².